The molecule has 1 aliphatic rings. The van der Waals surface area contributed by atoms with Crippen molar-refractivity contribution in [2.24, 2.45) is 11.3 Å². The zero-order valence-corrected chi connectivity index (χ0v) is 11.7. The SMILES string of the molecule is CC(C)(C(=O)NCCn1ccnn1)C1CCCNC1. The molecule has 19 heavy (non-hydrogen) atoms. The van der Waals surface area contributed by atoms with Crippen LogP contribution in [0, 0.1) is 11.3 Å². The highest BCUT2D eigenvalue weighted by Gasteiger charge is 2.36. The van der Waals surface area contributed by atoms with E-state index in [0.29, 0.717) is 19.0 Å². The number of amides is 1. The quantitative estimate of drug-likeness (QED) is 0.809. The molecule has 1 saturated heterocycles. The average molecular weight is 265 g/mol. The maximum absolute atomic E-state index is 12.3. The van der Waals surface area contributed by atoms with Crippen molar-refractivity contribution in [2.75, 3.05) is 19.6 Å². The van der Waals surface area contributed by atoms with Gasteiger partial charge in [-0.2, -0.15) is 0 Å². The number of carbonyl (C=O) groups is 1. The molecule has 106 valence electrons. The van der Waals surface area contributed by atoms with Gasteiger partial charge in [-0.1, -0.05) is 19.1 Å². The molecule has 1 aromatic rings. The topological polar surface area (TPSA) is 71.8 Å². The number of hydrogen-bond acceptors (Lipinski definition) is 4. The lowest BCUT2D eigenvalue weighted by molar-refractivity contribution is -0.132. The molecule has 2 N–H and O–H groups in total. The summed E-state index contributed by atoms with van der Waals surface area (Å²) in [4.78, 5) is 12.3. The van der Waals surface area contributed by atoms with Gasteiger partial charge in [-0.15, -0.1) is 5.10 Å². The highest BCUT2D eigenvalue weighted by Crippen LogP contribution is 2.31. The van der Waals surface area contributed by atoms with Gasteiger partial charge < -0.3 is 10.6 Å². The largest absolute Gasteiger partial charge is 0.354 e. The molecule has 1 unspecified atom stereocenters. The third-order valence-electron chi connectivity index (χ3n) is 4.00. The third-order valence-corrected chi connectivity index (χ3v) is 4.00. The highest BCUT2D eigenvalue weighted by molar-refractivity contribution is 5.82. The lowest BCUT2D eigenvalue weighted by Gasteiger charge is -2.36. The van der Waals surface area contributed by atoms with Crippen LogP contribution in [-0.2, 0) is 11.3 Å². The number of nitrogens with one attached hydrogen (secondary N) is 2. The van der Waals surface area contributed by atoms with Crippen LogP contribution in [0.5, 0.6) is 0 Å². The summed E-state index contributed by atoms with van der Waals surface area (Å²) in [5.74, 6) is 0.536. The van der Waals surface area contributed by atoms with E-state index in [0.717, 1.165) is 25.9 Å². The third kappa shape index (κ3) is 3.53. The second kappa shape index (κ2) is 6.14. The van der Waals surface area contributed by atoms with Gasteiger partial charge >= 0.3 is 0 Å². The summed E-state index contributed by atoms with van der Waals surface area (Å²) in [6, 6.07) is 0. The predicted molar refractivity (Wildman–Crippen MR) is 72.4 cm³/mol. The summed E-state index contributed by atoms with van der Waals surface area (Å²) >= 11 is 0. The Kier molecular flexibility index (Phi) is 4.52. The zero-order chi connectivity index (χ0) is 13.7. The van der Waals surface area contributed by atoms with E-state index in [1.165, 1.54) is 0 Å². The Bertz CT molecular complexity index is 395. The molecule has 0 aliphatic carbocycles. The van der Waals surface area contributed by atoms with Gasteiger partial charge in [-0.25, -0.2) is 0 Å². The standard InChI is InChI=1S/C13H23N5O/c1-13(2,11-4-3-5-14-10-11)12(19)15-6-8-18-9-7-16-17-18/h7,9,11,14H,3-6,8,10H2,1-2H3,(H,15,19). The van der Waals surface area contributed by atoms with Crippen LogP contribution in [0.15, 0.2) is 12.4 Å². The maximum atomic E-state index is 12.3. The second-order valence-electron chi connectivity index (χ2n) is 5.69. The molecule has 0 radical (unpaired) electrons. The first-order valence-corrected chi connectivity index (χ1v) is 6.94. The Labute approximate surface area is 113 Å². The smallest absolute Gasteiger partial charge is 0.226 e. The summed E-state index contributed by atoms with van der Waals surface area (Å²) in [5.41, 5.74) is -0.324. The summed E-state index contributed by atoms with van der Waals surface area (Å²) < 4.78 is 1.72. The van der Waals surface area contributed by atoms with E-state index in [4.69, 9.17) is 0 Å². The Balaban J connectivity index is 1.80. The van der Waals surface area contributed by atoms with Gasteiger partial charge in [0, 0.05) is 18.2 Å². The zero-order valence-electron chi connectivity index (χ0n) is 11.7. The second-order valence-corrected chi connectivity index (χ2v) is 5.69. The molecule has 6 nitrogen and oxygen atoms in total. The predicted octanol–water partition coefficient (Wildman–Crippen LogP) is 0.420. The summed E-state index contributed by atoms with van der Waals surface area (Å²) in [5, 5.41) is 14.0. The minimum atomic E-state index is -0.324. The molecule has 0 spiro atoms. The molecule has 0 saturated carbocycles. The average Bonchev–Trinajstić information content (AvgIpc) is 2.93. The summed E-state index contributed by atoms with van der Waals surface area (Å²) in [6.45, 7) is 7.32. The van der Waals surface area contributed by atoms with Gasteiger partial charge in [0.15, 0.2) is 0 Å². The van der Waals surface area contributed by atoms with Crippen molar-refractivity contribution in [3.63, 3.8) is 0 Å². The van der Waals surface area contributed by atoms with Crippen LogP contribution >= 0.6 is 0 Å². The minimum Gasteiger partial charge on any atom is -0.354 e. The maximum Gasteiger partial charge on any atom is 0.226 e. The molecule has 1 aromatic heterocycles. The van der Waals surface area contributed by atoms with E-state index >= 15 is 0 Å². The van der Waals surface area contributed by atoms with Gasteiger partial charge in [-0.05, 0) is 31.8 Å². The van der Waals surface area contributed by atoms with Crippen LogP contribution < -0.4 is 10.6 Å². The van der Waals surface area contributed by atoms with Gasteiger partial charge in [0.1, 0.15) is 0 Å². The van der Waals surface area contributed by atoms with Crippen LogP contribution in [0.1, 0.15) is 26.7 Å². The Morgan fingerprint density at radius 3 is 3.05 bits per heavy atom. The lowest BCUT2D eigenvalue weighted by Crippen LogP contribution is -2.47. The van der Waals surface area contributed by atoms with Crippen LogP contribution in [0.2, 0.25) is 0 Å². The van der Waals surface area contributed by atoms with Crippen molar-refractivity contribution in [1.29, 1.82) is 0 Å². The summed E-state index contributed by atoms with van der Waals surface area (Å²) in [7, 11) is 0. The van der Waals surface area contributed by atoms with Crippen molar-refractivity contribution >= 4 is 5.91 Å². The van der Waals surface area contributed by atoms with Gasteiger partial charge in [0.25, 0.3) is 0 Å². The molecule has 0 bridgehead atoms. The molecule has 1 aliphatic heterocycles. The molecule has 2 heterocycles. The molecule has 1 amide bonds. The molecular weight excluding hydrogens is 242 g/mol. The van der Waals surface area contributed by atoms with E-state index in [1.54, 1.807) is 17.1 Å². The van der Waals surface area contributed by atoms with Crippen molar-refractivity contribution in [3.05, 3.63) is 12.4 Å². The number of carbonyl (C=O) groups excluding carboxylic acids is 1. The van der Waals surface area contributed by atoms with Crippen LogP contribution in [0.4, 0.5) is 0 Å². The van der Waals surface area contributed by atoms with E-state index < -0.39 is 0 Å². The number of hydrogen-bond donors (Lipinski definition) is 2. The Morgan fingerprint density at radius 1 is 1.58 bits per heavy atom. The fourth-order valence-electron chi connectivity index (χ4n) is 2.52. The fraction of sp³-hybridized carbons (Fsp3) is 0.769. The first-order valence-electron chi connectivity index (χ1n) is 6.94. The van der Waals surface area contributed by atoms with Crippen LogP contribution in [0.3, 0.4) is 0 Å². The van der Waals surface area contributed by atoms with E-state index in [2.05, 4.69) is 20.9 Å². The Hall–Kier alpha value is -1.43. The van der Waals surface area contributed by atoms with Crippen molar-refractivity contribution in [3.8, 4) is 0 Å². The number of nitrogens with zero attached hydrogens (tertiary/aromatic N) is 3. The number of rotatable bonds is 5. The molecule has 1 fully saturated rings. The molecule has 6 heteroatoms. The molecule has 1 atom stereocenters. The van der Waals surface area contributed by atoms with E-state index in [1.807, 2.05) is 13.8 Å². The van der Waals surface area contributed by atoms with Crippen molar-refractivity contribution < 1.29 is 4.79 Å². The highest BCUT2D eigenvalue weighted by atomic mass is 16.2. The van der Waals surface area contributed by atoms with Crippen molar-refractivity contribution in [2.45, 2.75) is 33.2 Å². The summed E-state index contributed by atoms with van der Waals surface area (Å²) in [6.07, 6.45) is 5.71. The van der Waals surface area contributed by atoms with E-state index in [9.17, 15) is 4.79 Å². The number of aromatic nitrogens is 3. The number of piperidine rings is 1. The first kappa shape index (κ1) is 14.0. The molecule has 2 rings (SSSR count). The minimum absolute atomic E-state index is 0.126. The van der Waals surface area contributed by atoms with Crippen LogP contribution in [-0.4, -0.2) is 40.5 Å². The van der Waals surface area contributed by atoms with Gasteiger partial charge in [0.05, 0.1) is 12.7 Å². The lowest BCUT2D eigenvalue weighted by atomic mass is 9.74. The molecule has 0 aromatic carbocycles. The van der Waals surface area contributed by atoms with Gasteiger partial charge in [-0.3, -0.25) is 9.48 Å². The first-order chi connectivity index (χ1) is 9.10. The van der Waals surface area contributed by atoms with E-state index in [-0.39, 0.29) is 11.3 Å². The van der Waals surface area contributed by atoms with Crippen LogP contribution in [0.25, 0.3) is 0 Å². The van der Waals surface area contributed by atoms with Crippen molar-refractivity contribution in [1.82, 2.24) is 25.6 Å². The molecular formula is C13H23N5O. The fourth-order valence-corrected chi connectivity index (χ4v) is 2.52. The normalized spacial score (nSPS) is 20.2. The Morgan fingerprint density at radius 2 is 2.42 bits per heavy atom. The monoisotopic (exact) mass is 265 g/mol. The van der Waals surface area contributed by atoms with Gasteiger partial charge in [0.2, 0.25) is 5.91 Å².